The summed E-state index contributed by atoms with van der Waals surface area (Å²) < 4.78 is 52.4. The molecule has 1 aliphatic rings. The zero-order valence-corrected chi connectivity index (χ0v) is 11.5. The predicted molar refractivity (Wildman–Crippen MR) is 67.7 cm³/mol. The third-order valence-electron chi connectivity index (χ3n) is 3.70. The normalized spacial score (nSPS) is 22.0. The largest absolute Gasteiger partial charge is 0.481 e. The molecule has 22 heavy (non-hydrogen) atoms. The number of rotatable bonds is 2. The summed E-state index contributed by atoms with van der Waals surface area (Å²) in [5, 5.41) is 8.90. The Balaban J connectivity index is 2.27. The number of aryl methyl sites for hydroxylation is 1. The van der Waals surface area contributed by atoms with Gasteiger partial charge in [-0.15, -0.1) is 0 Å². The fourth-order valence-electron chi connectivity index (χ4n) is 2.52. The average molecular weight is 319 g/mol. The number of carboxylic acid groups (broad SMARTS) is 1. The van der Waals surface area contributed by atoms with Crippen LogP contribution in [-0.2, 0) is 4.79 Å². The molecule has 1 aromatic carbocycles. The summed E-state index contributed by atoms with van der Waals surface area (Å²) in [5.74, 6) is -7.29. The first-order valence-electron chi connectivity index (χ1n) is 6.46. The quantitative estimate of drug-likeness (QED) is 0.852. The number of halogens is 4. The van der Waals surface area contributed by atoms with Crippen molar-refractivity contribution >= 4 is 11.9 Å². The van der Waals surface area contributed by atoms with E-state index >= 15 is 0 Å². The molecule has 0 unspecified atom stereocenters. The van der Waals surface area contributed by atoms with Crippen molar-refractivity contribution in [1.82, 2.24) is 4.90 Å². The monoisotopic (exact) mass is 319 g/mol. The molecule has 0 bridgehead atoms. The Labute approximate surface area is 123 Å². The van der Waals surface area contributed by atoms with E-state index in [2.05, 4.69) is 0 Å². The van der Waals surface area contributed by atoms with Gasteiger partial charge in [0.2, 0.25) is 0 Å². The van der Waals surface area contributed by atoms with Gasteiger partial charge in [0.25, 0.3) is 5.91 Å². The highest BCUT2D eigenvalue weighted by Crippen LogP contribution is 2.38. The Hall–Kier alpha value is -2.12. The third kappa shape index (κ3) is 3.05. The topological polar surface area (TPSA) is 57.6 Å². The number of nitrogens with zero attached hydrogens (tertiary/aromatic N) is 1. The van der Waals surface area contributed by atoms with Crippen LogP contribution in [0.3, 0.4) is 0 Å². The Bertz CT molecular complexity index is 615. The maximum Gasteiger partial charge on any atom is 0.394 e. The van der Waals surface area contributed by atoms with Gasteiger partial charge in [-0.25, -0.2) is 4.39 Å². The molecule has 2 atom stereocenters. The second kappa shape index (κ2) is 5.58. The van der Waals surface area contributed by atoms with Gasteiger partial charge in [0.1, 0.15) is 5.82 Å². The van der Waals surface area contributed by atoms with Gasteiger partial charge in [-0.3, -0.25) is 9.59 Å². The molecule has 0 saturated carbocycles. The first kappa shape index (κ1) is 16.3. The van der Waals surface area contributed by atoms with Crippen molar-refractivity contribution < 1.29 is 32.3 Å². The molecule has 4 nitrogen and oxygen atoms in total. The summed E-state index contributed by atoms with van der Waals surface area (Å²) in [6, 6.07) is 3.74. The maximum atomic E-state index is 13.8. The molecular formula is C14H13F4NO3. The molecule has 1 fully saturated rings. The second-order valence-electron chi connectivity index (χ2n) is 5.29. The average Bonchev–Trinajstić information content (AvgIpc) is 2.83. The fraction of sp³-hybridized carbons (Fsp3) is 0.429. The zero-order valence-electron chi connectivity index (χ0n) is 11.5. The van der Waals surface area contributed by atoms with Crippen LogP contribution in [-0.4, -0.2) is 41.1 Å². The lowest BCUT2D eigenvalue weighted by atomic mass is 9.96. The highest BCUT2D eigenvalue weighted by atomic mass is 19.4. The number of alkyl halides is 3. The molecule has 1 saturated heterocycles. The molecular weight excluding hydrogens is 306 g/mol. The van der Waals surface area contributed by atoms with Crippen LogP contribution in [0.5, 0.6) is 0 Å². The van der Waals surface area contributed by atoms with Gasteiger partial charge in [0.05, 0.1) is 17.4 Å². The van der Waals surface area contributed by atoms with Gasteiger partial charge in [0.15, 0.2) is 0 Å². The summed E-state index contributed by atoms with van der Waals surface area (Å²) in [6.45, 7) is 0.228. The van der Waals surface area contributed by atoms with Crippen molar-refractivity contribution in [1.29, 1.82) is 0 Å². The molecule has 0 aromatic heterocycles. The number of carboxylic acids is 1. The van der Waals surface area contributed by atoms with Crippen molar-refractivity contribution in [2.75, 3.05) is 13.1 Å². The van der Waals surface area contributed by atoms with Crippen LogP contribution in [0.15, 0.2) is 18.2 Å². The SMILES string of the molecule is Cc1ccc(C(=O)N2C[C@@H](C(F)(F)F)[C@H](C(=O)O)C2)c(F)c1. The minimum Gasteiger partial charge on any atom is -0.481 e. The van der Waals surface area contributed by atoms with Crippen LogP contribution in [0.2, 0.25) is 0 Å². The summed E-state index contributed by atoms with van der Waals surface area (Å²) in [6.07, 6.45) is -4.73. The van der Waals surface area contributed by atoms with Gasteiger partial charge in [-0.05, 0) is 24.6 Å². The molecule has 1 heterocycles. The van der Waals surface area contributed by atoms with Crippen molar-refractivity contribution in [3.05, 3.63) is 35.1 Å². The van der Waals surface area contributed by atoms with Gasteiger partial charge < -0.3 is 10.0 Å². The Morgan fingerprint density at radius 1 is 1.27 bits per heavy atom. The minimum atomic E-state index is -4.73. The summed E-state index contributed by atoms with van der Waals surface area (Å²) in [5.41, 5.74) is 0.199. The molecule has 0 spiro atoms. The molecule has 0 aliphatic carbocycles. The number of likely N-dealkylation sites (tertiary alicyclic amines) is 1. The van der Waals surface area contributed by atoms with Crippen molar-refractivity contribution in [3.63, 3.8) is 0 Å². The molecule has 1 N–H and O–H groups in total. The number of hydrogen-bond donors (Lipinski definition) is 1. The molecule has 120 valence electrons. The molecule has 1 amide bonds. The van der Waals surface area contributed by atoms with Crippen molar-refractivity contribution in [3.8, 4) is 0 Å². The summed E-state index contributed by atoms with van der Waals surface area (Å²) in [7, 11) is 0. The smallest absolute Gasteiger partial charge is 0.394 e. The second-order valence-corrected chi connectivity index (χ2v) is 5.29. The van der Waals surface area contributed by atoms with Crippen LogP contribution in [0.25, 0.3) is 0 Å². The number of benzene rings is 1. The molecule has 8 heteroatoms. The molecule has 2 rings (SSSR count). The van der Waals surface area contributed by atoms with Crippen LogP contribution in [0.1, 0.15) is 15.9 Å². The zero-order chi connectivity index (χ0) is 16.7. The van der Waals surface area contributed by atoms with Crippen molar-refractivity contribution in [2.24, 2.45) is 11.8 Å². The number of carbonyl (C=O) groups is 2. The Morgan fingerprint density at radius 3 is 2.36 bits per heavy atom. The number of carbonyl (C=O) groups excluding carboxylic acids is 1. The lowest BCUT2D eigenvalue weighted by Crippen LogP contribution is -2.34. The molecule has 1 aliphatic heterocycles. The van der Waals surface area contributed by atoms with E-state index in [0.717, 1.165) is 11.0 Å². The minimum absolute atomic E-state index is 0.363. The third-order valence-corrected chi connectivity index (χ3v) is 3.70. The Morgan fingerprint density at radius 2 is 1.91 bits per heavy atom. The van der Waals surface area contributed by atoms with E-state index < -0.39 is 48.8 Å². The first-order chi connectivity index (χ1) is 10.1. The van der Waals surface area contributed by atoms with E-state index in [0.29, 0.717) is 5.56 Å². The van der Waals surface area contributed by atoms with Gasteiger partial charge >= 0.3 is 12.1 Å². The number of aliphatic carboxylic acids is 1. The lowest BCUT2D eigenvalue weighted by molar-refractivity contribution is -0.187. The first-order valence-corrected chi connectivity index (χ1v) is 6.46. The maximum absolute atomic E-state index is 13.8. The van der Waals surface area contributed by atoms with Gasteiger partial charge in [-0.2, -0.15) is 13.2 Å². The van der Waals surface area contributed by atoms with E-state index in [1.165, 1.54) is 12.1 Å². The van der Waals surface area contributed by atoms with Crippen LogP contribution in [0, 0.1) is 24.6 Å². The number of amides is 1. The summed E-state index contributed by atoms with van der Waals surface area (Å²) >= 11 is 0. The van der Waals surface area contributed by atoms with E-state index in [-0.39, 0.29) is 5.56 Å². The molecule has 1 aromatic rings. The van der Waals surface area contributed by atoms with Gasteiger partial charge in [0, 0.05) is 13.1 Å². The van der Waals surface area contributed by atoms with Crippen LogP contribution in [0.4, 0.5) is 17.6 Å². The lowest BCUT2D eigenvalue weighted by Gasteiger charge is -2.18. The highest BCUT2D eigenvalue weighted by molar-refractivity contribution is 5.95. The van der Waals surface area contributed by atoms with Gasteiger partial charge in [-0.1, -0.05) is 6.07 Å². The van der Waals surface area contributed by atoms with E-state index in [9.17, 15) is 27.2 Å². The Kier molecular flexibility index (Phi) is 4.12. The highest BCUT2D eigenvalue weighted by Gasteiger charge is 2.53. The van der Waals surface area contributed by atoms with Crippen molar-refractivity contribution in [2.45, 2.75) is 13.1 Å². The summed E-state index contributed by atoms with van der Waals surface area (Å²) in [4.78, 5) is 23.8. The van der Waals surface area contributed by atoms with Crippen LogP contribution < -0.4 is 0 Å². The standard InChI is InChI=1S/C14H13F4NO3/c1-7-2-3-8(11(15)4-7)12(20)19-5-9(13(21)22)10(6-19)14(16,17)18/h2-4,9-10H,5-6H2,1H3,(H,21,22)/t9-,10-/m1/s1. The van der Waals surface area contributed by atoms with Crippen LogP contribution >= 0.6 is 0 Å². The van der Waals surface area contributed by atoms with E-state index in [1.54, 1.807) is 6.92 Å². The predicted octanol–water partition coefficient (Wildman–Crippen LogP) is 2.47. The fourth-order valence-corrected chi connectivity index (χ4v) is 2.52. The number of hydrogen-bond acceptors (Lipinski definition) is 2. The molecule has 0 radical (unpaired) electrons. The van der Waals surface area contributed by atoms with E-state index in [1.807, 2.05) is 0 Å². The van der Waals surface area contributed by atoms with E-state index in [4.69, 9.17) is 5.11 Å².